The van der Waals surface area contributed by atoms with Gasteiger partial charge in [0.15, 0.2) is 5.82 Å². The van der Waals surface area contributed by atoms with Crippen LogP contribution >= 0.6 is 0 Å². The van der Waals surface area contributed by atoms with Gasteiger partial charge in [0, 0.05) is 7.05 Å². The van der Waals surface area contributed by atoms with Crippen molar-refractivity contribution in [2.24, 2.45) is 7.05 Å². The zero-order valence-corrected chi connectivity index (χ0v) is 12.3. The summed E-state index contributed by atoms with van der Waals surface area (Å²) in [6, 6.07) is 3.72. The van der Waals surface area contributed by atoms with Crippen molar-refractivity contribution in [1.29, 1.82) is 0 Å². The molecule has 8 nitrogen and oxygen atoms in total. The van der Waals surface area contributed by atoms with Crippen molar-refractivity contribution in [2.45, 2.75) is 13.8 Å². The largest absolute Gasteiger partial charge is 0.335 e. The molecule has 0 fully saturated rings. The Hall–Kier alpha value is -3.03. The molecule has 0 aliphatic carbocycles. The van der Waals surface area contributed by atoms with Crippen LogP contribution in [0.1, 0.15) is 11.4 Å². The fourth-order valence-corrected chi connectivity index (χ4v) is 2.39. The molecule has 3 heterocycles. The Bertz CT molecular complexity index is 1090. The van der Waals surface area contributed by atoms with Crippen molar-refractivity contribution in [2.75, 3.05) is 0 Å². The molecule has 2 N–H and O–H groups in total. The van der Waals surface area contributed by atoms with E-state index in [9.17, 15) is 4.79 Å². The van der Waals surface area contributed by atoms with E-state index in [1.165, 1.54) is 0 Å². The highest BCUT2D eigenvalue weighted by atomic mass is 16.1. The van der Waals surface area contributed by atoms with Crippen molar-refractivity contribution >= 4 is 22.1 Å². The summed E-state index contributed by atoms with van der Waals surface area (Å²) in [5, 5.41) is 8.15. The van der Waals surface area contributed by atoms with Crippen LogP contribution in [0.4, 0.5) is 0 Å². The second-order valence-electron chi connectivity index (χ2n) is 5.27. The number of nitrogens with one attached hydrogen (secondary N) is 2. The minimum Gasteiger partial charge on any atom is -0.335 e. The van der Waals surface area contributed by atoms with E-state index in [1.54, 1.807) is 11.6 Å². The molecule has 4 aromatic rings. The molecule has 0 radical (unpaired) electrons. The molecule has 1 aromatic carbocycles. The van der Waals surface area contributed by atoms with Crippen LogP contribution in [0.5, 0.6) is 0 Å². The Morgan fingerprint density at radius 2 is 1.82 bits per heavy atom. The third-order valence-electron chi connectivity index (χ3n) is 3.81. The average molecular weight is 295 g/mol. The SMILES string of the molecule is Cc1nnc(-c2nc3cc4c(cc3[nH]2)[nH]c(=O)n4C)nc1C. The highest BCUT2D eigenvalue weighted by Crippen LogP contribution is 2.22. The predicted molar refractivity (Wildman–Crippen MR) is 81.5 cm³/mol. The van der Waals surface area contributed by atoms with Gasteiger partial charge < -0.3 is 9.97 Å². The molecule has 22 heavy (non-hydrogen) atoms. The maximum atomic E-state index is 11.6. The number of aryl methyl sites for hydroxylation is 3. The van der Waals surface area contributed by atoms with Gasteiger partial charge in [0.1, 0.15) is 0 Å². The maximum Gasteiger partial charge on any atom is 0.326 e. The van der Waals surface area contributed by atoms with E-state index >= 15 is 0 Å². The van der Waals surface area contributed by atoms with Crippen molar-refractivity contribution in [3.8, 4) is 11.6 Å². The monoisotopic (exact) mass is 295 g/mol. The van der Waals surface area contributed by atoms with E-state index in [0.29, 0.717) is 11.6 Å². The number of benzene rings is 1. The lowest BCUT2D eigenvalue weighted by Crippen LogP contribution is -2.11. The van der Waals surface area contributed by atoms with Crippen molar-refractivity contribution < 1.29 is 0 Å². The zero-order chi connectivity index (χ0) is 15.4. The average Bonchev–Trinajstić information content (AvgIpc) is 3.02. The van der Waals surface area contributed by atoms with Gasteiger partial charge in [0.2, 0.25) is 5.82 Å². The summed E-state index contributed by atoms with van der Waals surface area (Å²) >= 11 is 0. The lowest BCUT2D eigenvalue weighted by Gasteiger charge is -1.98. The predicted octanol–water partition coefficient (Wildman–Crippen LogP) is 1.21. The van der Waals surface area contributed by atoms with Crippen LogP contribution in [-0.2, 0) is 7.05 Å². The minimum absolute atomic E-state index is 0.149. The third-order valence-corrected chi connectivity index (χ3v) is 3.81. The second kappa shape index (κ2) is 4.23. The summed E-state index contributed by atoms with van der Waals surface area (Å²) in [5.74, 6) is 1.01. The second-order valence-corrected chi connectivity index (χ2v) is 5.27. The van der Waals surface area contributed by atoms with Gasteiger partial charge in [-0.05, 0) is 26.0 Å². The first kappa shape index (κ1) is 12.7. The Labute approximate surface area is 124 Å². The van der Waals surface area contributed by atoms with Crippen molar-refractivity contribution in [3.05, 3.63) is 34.0 Å². The van der Waals surface area contributed by atoms with E-state index < -0.39 is 0 Å². The molecule has 3 aromatic heterocycles. The number of hydrogen-bond donors (Lipinski definition) is 2. The van der Waals surface area contributed by atoms with Crippen LogP contribution in [-0.4, -0.2) is 34.7 Å². The standard InChI is InChI=1S/C14H13N7O/c1-6-7(2)19-20-13(15-6)12-16-8-4-10-11(5-9(8)17-12)21(3)14(22)18-10/h4-5H,1-3H3,(H,16,17)(H,18,22). The third kappa shape index (κ3) is 1.73. The van der Waals surface area contributed by atoms with E-state index in [-0.39, 0.29) is 5.69 Å². The minimum atomic E-state index is -0.149. The molecule has 0 amide bonds. The van der Waals surface area contributed by atoms with E-state index in [2.05, 4.69) is 30.1 Å². The molecule has 4 rings (SSSR count). The molecule has 0 saturated heterocycles. The van der Waals surface area contributed by atoms with Crippen molar-refractivity contribution in [3.63, 3.8) is 0 Å². The number of imidazole rings is 2. The van der Waals surface area contributed by atoms with Crippen LogP contribution in [0.25, 0.3) is 33.7 Å². The Morgan fingerprint density at radius 1 is 1.00 bits per heavy atom. The van der Waals surface area contributed by atoms with Gasteiger partial charge >= 0.3 is 5.69 Å². The summed E-state index contributed by atoms with van der Waals surface area (Å²) in [7, 11) is 1.72. The first-order chi connectivity index (χ1) is 10.5. The van der Waals surface area contributed by atoms with E-state index in [4.69, 9.17) is 0 Å². The fourth-order valence-electron chi connectivity index (χ4n) is 2.39. The van der Waals surface area contributed by atoms with Gasteiger partial charge in [-0.3, -0.25) is 4.57 Å². The number of nitrogens with zero attached hydrogens (tertiary/aromatic N) is 5. The molecule has 0 unspecified atom stereocenters. The summed E-state index contributed by atoms with van der Waals surface area (Å²) in [6.45, 7) is 3.75. The molecular weight excluding hydrogens is 282 g/mol. The normalized spacial score (nSPS) is 11.6. The summed E-state index contributed by atoms with van der Waals surface area (Å²) in [5.41, 5.74) is 4.59. The van der Waals surface area contributed by atoms with Crippen LogP contribution < -0.4 is 5.69 Å². The number of rotatable bonds is 1. The van der Waals surface area contributed by atoms with Crippen molar-refractivity contribution in [1.82, 2.24) is 34.7 Å². The highest BCUT2D eigenvalue weighted by molar-refractivity contribution is 5.92. The molecule has 110 valence electrons. The molecule has 0 spiro atoms. The van der Waals surface area contributed by atoms with Gasteiger partial charge in [-0.15, -0.1) is 5.10 Å². The number of fused-ring (bicyclic) bond motifs is 2. The molecule has 0 bridgehead atoms. The summed E-state index contributed by atoms with van der Waals surface area (Å²) in [4.78, 5) is 26.5. The van der Waals surface area contributed by atoms with Crippen LogP contribution in [0.15, 0.2) is 16.9 Å². The first-order valence-electron chi connectivity index (χ1n) is 6.79. The topological polar surface area (TPSA) is 105 Å². The van der Waals surface area contributed by atoms with Gasteiger partial charge in [-0.25, -0.2) is 14.8 Å². The van der Waals surface area contributed by atoms with Crippen LogP contribution in [0, 0.1) is 13.8 Å². The molecular formula is C14H13N7O. The van der Waals surface area contributed by atoms with E-state index in [0.717, 1.165) is 33.5 Å². The van der Waals surface area contributed by atoms with Gasteiger partial charge in [-0.2, -0.15) is 5.10 Å². The molecule has 0 saturated carbocycles. The molecule has 8 heteroatoms. The number of aromatic nitrogens is 7. The first-order valence-corrected chi connectivity index (χ1v) is 6.79. The Morgan fingerprint density at radius 3 is 2.59 bits per heavy atom. The Kier molecular flexibility index (Phi) is 2.44. The van der Waals surface area contributed by atoms with Crippen LogP contribution in [0.2, 0.25) is 0 Å². The Balaban J connectivity index is 1.95. The van der Waals surface area contributed by atoms with Crippen LogP contribution in [0.3, 0.4) is 0 Å². The molecule has 0 aliphatic rings. The number of aromatic amines is 2. The quantitative estimate of drug-likeness (QED) is 0.549. The smallest absolute Gasteiger partial charge is 0.326 e. The van der Waals surface area contributed by atoms with Gasteiger partial charge in [0.05, 0.1) is 33.5 Å². The lowest BCUT2D eigenvalue weighted by molar-refractivity contribution is 0.891. The maximum absolute atomic E-state index is 11.6. The number of H-pyrrole nitrogens is 2. The van der Waals surface area contributed by atoms with E-state index in [1.807, 2.05) is 26.0 Å². The highest BCUT2D eigenvalue weighted by Gasteiger charge is 2.12. The molecule has 0 aliphatic heterocycles. The van der Waals surface area contributed by atoms with Gasteiger partial charge in [-0.1, -0.05) is 0 Å². The zero-order valence-electron chi connectivity index (χ0n) is 12.3. The lowest BCUT2D eigenvalue weighted by atomic mass is 10.3. The summed E-state index contributed by atoms with van der Waals surface area (Å²) in [6.07, 6.45) is 0. The summed E-state index contributed by atoms with van der Waals surface area (Å²) < 4.78 is 1.55. The molecule has 0 atom stereocenters. The van der Waals surface area contributed by atoms with Gasteiger partial charge in [0.25, 0.3) is 0 Å². The number of hydrogen-bond acceptors (Lipinski definition) is 5. The fraction of sp³-hybridized carbons (Fsp3) is 0.214.